The maximum absolute atomic E-state index is 11.4. The van der Waals surface area contributed by atoms with Gasteiger partial charge in [0.2, 0.25) is 5.91 Å². The van der Waals surface area contributed by atoms with Crippen molar-refractivity contribution in [2.45, 2.75) is 17.3 Å². The molecule has 3 nitrogen and oxygen atoms in total. The lowest BCUT2D eigenvalue weighted by Gasteiger charge is -2.10. The van der Waals surface area contributed by atoms with Crippen molar-refractivity contribution in [3.8, 4) is 0 Å². The Bertz CT molecular complexity index is 218. The maximum Gasteiger partial charge on any atom is 0.227 e. The molecule has 0 aromatic heterocycles. The summed E-state index contributed by atoms with van der Waals surface area (Å²) in [4.78, 5) is 10.8. The quantitative estimate of drug-likeness (QED) is 0.549. The summed E-state index contributed by atoms with van der Waals surface area (Å²) in [6, 6.07) is -0.00134. The number of carbonyl (C=O) groups excluding carboxylic acids is 1. The summed E-state index contributed by atoms with van der Waals surface area (Å²) < 4.78 is 0. The van der Waals surface area contributed by atoms with Gasteiger partial charge < -0.3 is 11.1 Å². The van der Waals surface area contributed by atoms with E-state index in [1.54, 1.807) is 0 Å². The first-order valence-electron chi connectivity index (χ1n) is 4.09. The number of hydrogen-bond donors (Lipinski definition) is 2. The molecule has 0 aliphatic heterocycles. The summed E-state index contributed by atoms with van der Waals surface area (Å²) in [7, 11) is 0. The van der Waals surface area contributed by atoms with Crippen LogP contribution >= 0.6 is 23.2 Å². The Kier molecular flexibility index (Phi) is 4.03. The van der Waals surface area contributed by atoms with E-state index in [1.165, 1.54) is 0 Å². The van der Waals surface area contributed by atoms with E-state index in [9.17, 15) is 4.79 Å². The molecule has 13 heavy (non-hydrogen) atoms. The Labute approximate surface area is 87.3 Å². The van der Waals surface area contributed by atoms with Gasteiger partial charge in [-0.1, -0.05) is 12.2 Å². The first-order valence-corrected chi connectivity index (χ1v) is 4.96. The number of carbonyl (C=O) groups is 1. The molecule has 0 bridgehead atoms. The molecular weight excluding hydrogens is 211 g/mol. The number of nitrogens with two attached hydrogens (primary N) is 1. The first kappa shape index (κ1) is 10.8. The fourth-order valence-corrected chi connectivity index (χ4v) is 1.38. The van der Waals surface area contributed by atoms with Crippen LogP contribution in [-0.4, -0.2) is 23.3 Å². The predicted molar refractivity (Wildman–Crippen MR) is 53.7 cm³/mol. The highest BCUT2D eigenvalue weighted by Gasteiger charge is 2.22. The van der Waals surface area contributed by atoms with Gasteiger partial charge >= 0.3 is 0 Å². The Hall–Kier alpha value is -0.250. The van der Waals surface area contributed by atoms with E-state index in [0.717, 1.165) is 0 Å². The molecule has 1 amide bonds. The molecule has 0 saturated heterocycles. The summed E-state index contributed by atoms with van der Waals surface area (Å²) >= 11 is 10.9. The summed E-state index contributed by atoms with van der Waals surface area (Å²) in [5, 5.41) is 2.63. The number of rotatable bonds is 3. The second kappa shape index (κ2) is 4.84. The third-order valence-electron chi connectivity index (χ3n) is 1.88. The molecule has 74 valence electrons. The van der Waals surface area contributed by atoms with Crippen molar-refractivity contribution < 1.29 is 4.79 Å². The van der Waals surface area contributed by atoms with Crippen molar-refractivity contribution in [1.82, 2.24) is 5.32 Å². The SMILES string of the molecule is NC1C=CC(C(=O)NCC(Cl)Cl)C1. The van der Waals surface area contributed by atoms with Crippen LogP contribution in [0.2, 0.25) is 0 Å². The standard InChI is InChI=1S/C8H12Cl2N2O/c9-7(10)4-12-8(13)5-1-2-6(11)3-5/h1-2,5-7H,3-4,11H2,(H,12,13). The van der Waals surface area contributed by atoms with E-state index in [-0.39, 0.29) is 24.4 Å². The van der Waals surface area contributed by atoms with Crippen molar-refractivity contribution in [2.24, 2.45) is 11.7 Å². The molecule has 3 N–H and O–H groups in total. The van der Waals surface area contributed by atoms with Crippen LogP contribution < -0.4 is 11.1 Å². The summed E-state index contributed by atoms with van der Waals surface area (Å²) in [5.74, 6) is -0.183. The maximum atomic E-state index is 11.4. The largest absolute Gasteiger partial charge is 0.353 e. The van der Waals surface area contributed by atoms with Crippen molar-refractivity contribution in [1.29, 1.82) is 0 Å². The van der Waals surface area contributed by atoms with E-state index in [1.807, 2.05) is 12.2 Å². The third kappa shape index (κ3) is 3.55. The van der Waals surface area contributed by atoms with Gasteiger partial charge in [-0.2, -0.15) is 0 Å². The minimum Gasteiger partial charge on any atom is -0.353 e. The molecule has 2 atom stereocenters. The Morgan fingerprint density at radius 2 is 2.31 bits per heavy atom. The molecule has 1 aliphatic carbocycles. The normalized spacial score (nSPS) is 26.8. The molecule has 5 heteroatoms. The van der Waals surface area contributed by atoms with Crippen molar-refractivity contribution in [2.75, 3.05) is 6.54 Å². The lowest BCUT2D eigenvalue weighted by atomic mass is 10.1. The Morgan fingerprint density at radius 3 is 2.77 bits per heavy atom. The summed E-state index contributed by atoms with van der Waals surface area (Å²) in [5.41, 5.74) is 5.60. The van der Waals surface area contributed by atoms with Gasteiger partial charge in [-0.3, -0.25) is 4.79 Å². The molecule has 1 aliphatic rings. The molecule has 0 radical (unpaired) electrons. The molecule has 2 unspecified atom stereocenters. The van der Waals surface area contributed by atoms with Gasteiger partial charge in [-0.25, -0.2) is 0 Å². The van der Waals surface area contributed by atoms with Gasteiger partial charge in [0.05, 0.1) is 5.92 Å². The lowest BCUT2D eigenvalue weighted by Crippen LogP contribution is -2.33. The smallest absolute Gasteiger partial charge is 0.227 e. The second-order valence-electron chi connectivity index (χ2n) is 3.03. The fraction of sp³-hybridized carbons (Fsp3) is 0.625. The topological polar surface area (TPSA) is 55.1 Å². The van der Waals surface area contributed by atoms with Gasteiger partial charge in [-0.05, 0) is 6.42 Å². The van der Waals surface area contributed by atoms with Crippen LogP contribution in [0.25, 0.3) is 0 Å². The third-order valence-corrected chi connectivity index (χ3v) is 2.19. The van der Waals surface area contributed by atoms with Gasteiger partial charge in [-0.15, -0.1) is 23.2 Å². The Balaban J connectivity index is 2.29. The van der Waals surface area contributed by atoms with Gasteiger partial charge in [0.1, 0.15) is 4.84 Å². The molecule has 0 saturated carbocycles. The first-order chi connectivity index (χ1) is 6.09. The molecule has 0 spiro atoms. The average Bonchev–Trinajstić information content (AvgIpc) is 2.47. The zero-order chi connectivity index (χ0) is 9.84. The minimum absolute atomic E-state index is 0.00134. The number of amides is 1. The summed E-state index contributed by atoms with van der Waals surface area (Å²) in [6.07, 6.45) is 4.32. The predicted octanol–water partition coefficient (Wildman–Crippen LogP) is 0.810. The van der Waals surface area contributed by atoms with E-state index in [2.05, 4.69) is 5.32 Å². The molecule has 0 heterocycles. The number of hydrogen-bond acceptors (Lipinski definition) is 2. The van der Waals surface area contributed by atoms with E-state index in [4.69, 9.17) is 28.9 Å². The zero-order valence-electron chi connectivity index (χ0n) is 7.04. The number of alkyl halides is 2. The zero-order valence-corrected chi connectivity index (χ0v) is 8.55. The monoisotopic (exact) mass is 222 g/mol. The van der Waals surface area contributed by atoms with E-state index >= 15 is 0 Å². The number of halogens is 2. The van der Waals surface area contributed by atoms with Crippen LogP contribution in [0.4, 0.5) is 0 Å². The highest BCUT2D eigenvalue weighted by Crippen LogP contribution is 2.16. The van der Waals surface area contributed by atoms with Crippen molar-refractivity contribution >= 4 is 29.1 Å². The fourth-order valence-electron chi connectivity index (χ4n) is 1.23. The van der Waals surface area contributed by atoms with Crippen LogP contribution in [0.1, 0.15) is 6.42 Å². The van der Waals surface area contributed by atoms with Crippen LogP contribution in [-0.2, 0) is 4.79 Å². The molecule has 1 rings (SSSR count). The molecular formula is C8H12Cl2N2O. The lowest BCUT2D eigenvalue weighted by molar-refractivity contribution is -0.123. The van der Waals surface area contributed by atoms with E-state index in [0.29, 0.717) is 6.42 Å². The van der Waals surface area contributed by atoms with Crippen LogP contribution in [0.3, 0.4) is 0 Å². The van der Waals surface area contributed by atoms with Gasteiger partial charge in [0.15, 0.2) is 0 Å². The Morgan fingerprint density at radius 1 is 1.62 bits per heavy atom. The van der Waals surface area contributed by atoms with Crippen LogP contribution in [0.5, 0.6) is 0 Å². The second-order valence-corrected chi connectivity index (χ2v) is 4.30. The van der Waals surface area contributed by atoms with Crippen molar-refractivity contribution in [3.05, 3.63) is 12.2 Å². The molecule has 0 aromatic rings. The van der Waals surface area contributed by atoms with Gasteiger partial charge in [0.25, 0.3) is 0 Å². The molecule has 0 aromatic carbocycles. The average molecular weight is 223 g/mol. The molecule has 0 fully saturated rings. The van der Waals surface area contributed by atoms with Crippen LogP contribution in [0.15, 0.2) is 12.2 Å². The number of nitrogens with one attached hydrogen (secondary N) is 1. The van der Waals surface area contributed by atoms with Crippen LogP contribution in [0, 0.1) is 5.92 Å². The van der Waals surface area contributed by atoms with E-state index < -0.39 is 4.84 Å². The van der Waals surface area contributed by atoms with Crippen molar-refractivity contribution in [3.63, 3.8) is 0 Å². The highest BCUT2D eigenvalue weighted by molar-refractivity contribution is 6.44. The van der Waals surface area contributed by atoms with Gasteiger partial charge in [0, 0.05) is 12.6 Å². The highest BCUT2D eigenvalue weighted by atomic mass is 35.5. The summed E-state index contributed by atoms with van der Waals surface area (Å²) in [6.45, 7) is 0.279. The minimum atomic E-state index is -0.553.